The molecule has 0 bridgehead atoms. The first-order valence-electron chi connectivity index (χ1n) is 4.64. The van der Waals surface area contributed by atoms with E-state index in [2.05, 4.69) is 4.74 Å². The molecule has 0 aliphatic carbocycles. The molecule has 1 aromatic rings. The molecule has 16 heavy (non-hydrogen) atoms. The maximum atomic E-state index is 11.6. The van der Waals surface area contributed by atoms with Crippen molar-refractivity contribution in [2.24, 2.45) is 5.73 Å². The van der Waals surface area contributed by atoms with Gasteiger partial charge in [0.15, 0.2) is 0 Å². The molecular formula is C11H14ClNO3. The van der Waals surface area contributed by atoms with Gasteiger partial charge in [0.05, 0.1) is 14.2 Å². The number of esters is 1. The molecule has 0 saturated carbocycles. The van der Waals surface area contributed by atoms with E-state index in [1.54, 1.807) is 25.1 Å². The minimum atomic E-state index is -1.29. The molecule has 0 amide bonds. The maximum absolute atomic E-state index is 11.6. The number of benzene rings is 1. The molecule has 0 saturated heterocycles. The van der Waals surface area contributed by atoms with Crippen molar-refractivity contribution in [2.75, 3.05) is 14.2 Å². The quantitative estimate of drug-likeness (QED) is 0.821. The highest BCUT2D eigenvalue weighted by atomic mass is 35.5. The summed E-state index contributed by atoms with van der Waals surface area (Å²) in [5.74, 6) is -0.0483. The first-order valence-corrected chi connectivity index (χ1v) is 5.02. The Hall–Kier alpha value is -1.26. The third-order valence-corrected chi connectivity index (χ3v) is 2.57. The Bertz CT molecular complexity index is 404. The number of halogens is 1. The summed E-state index contributed by atoms with van der Waals surface area (Å²) in [5, 5.41) is 0.483. The zero-order chi connectivity index (χ0) is 12.3. The number of carbonyl (C=O) groups is 1. The molecule has 0 heterocycles. The number of nitrogens with two attached hydrogens (primary N) is 1. The monoisotopic (exact) mass is 243 g/mol. The zero-order valence-corrected chi connectivity index (χ0v) is 10.2. The molecule has 0 aromatic heterocycles. The third kappa shape index (κ3) is 2.28. The Balaban J connectivity index is 3.30. The first kappa shape index (κ1) is 12.8. The van der Waals surface area contributed by atoms with E-state index in [0.29, 0.717) is 16.3 Å². The van der Waals surface area contributed by atoms with Crippen LogP contribution in [0.5, 0.6) is 5.75 Å². The Morgan fingerprint density at radius 1 is 1.44 bits per heavy atom. The van der Waals surface area contributed by atoms with Gasteiger partial charge in [0.25, 0.3) is 0 Å². The molecule has 1 aromatic carbocycles. The van der Waals surface area contributed by atoms with Crippen molar-refractivity contribution in [2.45, 2.75) is 12.5 Å². The zero-order valence-electron chi connectivity index (χ0n) is 9.41. The highest BCUT2D eigenvalue weighted by molar-refractivity contribution is 6.30. The molecule has 1 unspecified atom stereocenters. The largest absolute Gasteiger partial charge is 0.496 e. The van der Waals surface area contributed by atoms with Crippen molar-refractivity contribution < 1.29 is 14.3 Å². The number of hydrogen-bond donors (Lipinski definition) is 1. The van der Waals surface area contributed by atoms with E-state index >= 15 is 0 Å². The molecule has 4 nitrogen and oxygen atoms in total. The van der Waals surface area contributed by atoms with Crippen molar-refractivity contribution in [1.29, 1.82) is 0 Å². The van der Waals surface area contributed by atoms with Crippen LogP contribution < -0.4 is 10.5 Å². The lowest BCUT2D eigenvalue weighted by atomic mass is 9.92. The molecule has 0 fully saturated rings. The second-order valence-electron chi connectivity index (χ2n) is 3.54. The highest BCUT2D eigenvalue weighted by Crippen LogP contribution is 2.31. The fourth-order valence-corrected chi connectivity index (χ4v) is 1.58. The van der Waals surface area contributed by atoms with Gasteiger partial charge in [0.2, 0.25) is 0 Å². The van der Waals surface area contributed by atoms with Crippen LogP contribution in [0.25, 0.3) is 0 Å². The van der Waals surface area contributed by atoms with Gasteiger partial charge in [-0.25, -0.2) is 4.79 Å². The van der Waals surface area contributed by atoms with Crippen LogP contribution >= 0.6 is 11.6 Å². The van der Waals surface area contributed by atoms with E-state index in [0.717, 1.165) is 0 Å². The molecule has 5 heteroatoms. The van der Waals surface area contributed by atoms with Gasteiger partial charge in [-0.15, -0.1) is 0 Å². The lowest BCUT2D eigenvalue weighted by Crippen LogP contribution is -2.43. The molecule has 0 aliphatic rings. The average Bonchev–Trinajstić information content (AvgIpc) is 2.27. The Morgan fingerprint density at radius 3 is 2.56 bits per heavy atom. The number of ether oxygens (including phenoxy) is 2. The normalized spacial score (nSPS) is 14.1. The lowest BCUT2D eigenvalue weighted by molar-refractivity contribution is -0.146. The molecule has 0 aliphatic heterocycles. The van der Waals surface area contributed by atoms with Gasteiger partial charge >= 0.3 is 5.97 Å². The molecule has 88 valence electrons. The molecule has 0 spiro atoms. The van der Waals surface area contributed by atoms with E-state index in [1.165, 1.54) is 14.2 Å². The van der Waals surface area contributed by atoms with Crippen LogP contribution in [0.2, 0.25) is 5.02 Å². The molecule has 1 rings (SSSR count). The van der Waals surface area contributed by atoms with Crippen LogP contribution in [0.3, 0.4) is 0 Å². The van der Waals surface area contributed by atoms with E-state index in [-0.39, 0.29) is 0 Å². The standard InChI is InChI=1S/C11H14ClNO3/c1-11(13,10(14)16-3)8-6-7(12)4-5-9(8)15-2/h4-6H,13H2,1-3H3. The fourth-order valence-electron chi connectivity index (χ4n) is 1.41. The number of carbonyl (C=O) groups excluding carboxylic acids is 1. The number of rotatable bonds is 3. The van der Waals surface area contributed by atoms with Crippen LogP contribution in [0.4, 0.5) is 0 Å². The summed E-state index contributed by atoms with van der Waals surface area (Å²) in [6, 6.07) is 4.92. The average molecular weight is 244 g/mol. The second-order valence-corrected chi connectivity index (χ2v) is 3.97. The van der Waals surface area contributed by atoms with Gasteiger partial charge in [-0.3, -0.25) is 0 Å². The van der Waals surface area contributed by atoms with Crippen molar-refractivity contribution >= 4 is 17.6 Å². The Kier molecular flexibility index (Phi) is 3.78. The van der Waals surface area contributed by atoms with Crippen LogP contribution in [0, 0.1) is 0 Å². The molecule has 1 atom stereocenters. The van der Waals surface area contributed by atoms with Crippen molar-refractivity contribution in [3.63, 3.8) is 0 Å². The predicted octanol–water partition coefficient (Wildman–Crippen LogP) is 1.70. The van der Waals surface area contributed by atoms with Gasteiger partial charge in [-0.05, 0) is 25.1 Å². The fraction of sp³-hybridized carbons (Fsp3) is 0.364. The minimum absolute atomic E-state index is 0.483. The third-order valence-electron chi connectivity index (χ3n) is 2.33. The smallest absolute Gasteiger partial charge is 0.330 e. The number of hydrogen-bond acceptors (Lipinski definition) is 4. The SMILES string of the molecule is COC(=O)C(C)(N)c1cc(Cl)ccc1OC. The van der Waals surface area contributed by atoms with E-state index in [4.69, 9.17) is 22.1 Å². The maximum Gasteiger partial charge on any atom is 0.330 e. The molecular weight excluding hydrogens is 230 g/mol. The minimum Gasteiger partial charge on any atom is -0.496 e. The van der Waals surface area contributed by atoms with E-state index in [1.807, 2.05) is 0 Å². The van der Waals surface area contributed by atoms with Gasteiger partial charge < -0.3 is 15.2 Å². The van der Waals surface area contributed by atoms with E-state index < -0.39 is 11.5 Å². The number of methoxy groups -OCH3 is 2. The van der Waals surface area contributed by atoms with Crippen LogP contribution in [-0.4, -0.2) is 20.2 Å². The second kappa shape index (κ2) is 4.72. The summed E-state index contributed by atoms with van der Waals surface area (Å²) in [7, 11) is 2.78. The van der Waals surface area contributed by atoms with Crippen molar-refractivity contribution in [3.05, 3.63) is 28.8 Å². The first-order chi connectivity index (χ1) is 7.43. The van der Waals surface area contributed by atoms with Gasteiger partial charge in [-0.1, -0.05) is 11.6 Å². The van der Waals surface area contributed by atoms with Gasteiger partial charge in [0.1, 0.15) is 11.3 Å². The molecule has 2 N–H and O–H groups in total. The summed E-state index contributed by atoms with van der Waals surface area (Å²) in [6.45, 7) is 1.55. The van der Waals surface area contributed by atoms with Crippen LogP contribution in [0.15, 0.2) is 18.2 Å². The van der Waals surface area contributed by atoms with Crippen LogP contribution in [0.1, 0.15) is 12.5 Å². The molecule has 0 radical (unpaired) electrons. The summed E-state index contributed by atoms with van der Waals surface area (Å²) in [5.41, 5.74) is 5.13. The summed E-state index contributed by atoms with van der Waals surface area (Å²) >= 11 is 5.86. The Morgan fingerprint density at radius 2 is 2.06 bits per heavy atom. The lowest BCUT2D eigenvalue weighted by Gasteiger charge is -2.24. The van der Waals surface area contributed by atoms with Crippen molar-refractivity contribution in [1.82, 2.24) is 0 Å². The van der Waals surface area contributed by atoms with Gasteiger partial charge in [0, 0.05) is 10.6 Å². The highest BCUT2D eigenvalue weighted by Gasteiger charge is 2.34. The summed E-state index contributed by atoms with van der Waals surface area (Å²) in [4.78, 5) is 11.6. The summed E-state index contributed by atoms with van der Waals surface area (Å²) in [6.07, 6.45) is 0. The van der Waals surface area contributed by atoms with E-state index in [9.17, 15) is 4.79 Å². The Labute approximate surface area is 99.3 Å². The van der Waals surface area contributed by atoms with Gasteiger partial charge in [-0.2, -0.15) is 0 Å². The topological polar surface area (TPSA) is 61.5 Å². The van der Waals surface area contributed by atoms with Crippen molar-refractivity contribution in [3.8, 4) is 5.75 Å². The summed E-state index contributed by atoms with van der Waals surface area (Å²) < 4.78 is 9.78. The van der Waals surface area contributed by atoms with Crippen LogP contribution in [-0.2, 0) is 15.1 Å². The predicted molar refractivity (Wildman–Crippen MR) is 61.6 cm³/mol.